The number of nitrogens with zero attached hydrogens (tertiary/aromatic N) is 5. The van der Waals surface area contributed by atoms with E-state index in [1.807, 2.05) is 50.2 Å². The summed E-state index contributed by atoms with van der Waals surface area (Å²) in [6.07, 6.45) is 4.55. The molecule has 1 aliphatic rings. The molecule has 1 amide bonds. The van der Waals surface area contributed by atoms with Gasteiger partial charge in [-0.2, -0.15) is 10.2 Å². The molecule has 0 saturated heterocycles. The zero-order chi connectivity index (χ0) is 23.4. The number of carbonyl (C=O) groups excluding carboxylic acids is 1. The molecule has 33 heavy (non-hydrogen) atoms. The maximum atomic E-state index is 11.4. The van der Waals surface area contributed by atoms with E-state index in [1.165, 1.54) is 24.4 Å². The number of nitriles is 1. The summed E-state index contributed by atoms with van der Waals surface area (Å²) in [5.74, 6) is 0.933. The van der Waals surface area contributed by atoms with Crippen LogP contribution >= 0.6 is 0 Å². The van der Waals surface area contributed by atoms with Crippen LogP contribution in [0.25, 0.3) is 5.57 Å². The highest BCUT2D eigenvalue weighted by Gasteiger charge is 2.18. The van der Waals surface area contributed by atoms with E-state index >= 15 is 0 Å². The highest BCUT2D eigenvalue weighted by molar-refractivity contribution is 5.90. The second-order valence-corrected chi connectivity index (χ2v) is 7.96. The van der Waals surface area contributed by atoms with E-state index in [1.54, 1.807) is 0 Å². The van der Waals surface area contributed by atoms with Crippen LogP contribution in [-0.4, -0.2) is 33.9 Å². The first-order valence-electron chi connectivity index (χ1n) is 10.7. The molecule has 0 atom stereocenters. The molecule has 0 saturated carbocycles. The summed E-state index contributed by atoms with van der Waals surface area (Å²) in [6, 6.07) is 13.6. The fraction of sp³-hybridized carbons (Fsp3) is 0.240. The van der Waals surface area contributed by atoms with Crippen molar-refractivity contribution in [1.82, 2.24) is 15.0 Å². The van der Waals surface area contributed by atoms with Gasteiger partial charge in [-0.15, -0.1) is 0 Å². The van der Waals surface area contributed by atoms with Crippen LogP contribution in [0.3, 0.4) is 0 Å². The van der Waals surface area contributed by atoms with Gasteiger partial charge in [0.25, 0.3) is 0 Å². The molecule has 0 radical (unpaired) electrons. The highest BCUT2D eigenvalue weighted by Crippen LogP contribution is 2.28. The number of benzene rings is 2. The van der Waals surface area contributed by atoms with Crippen molar-refractivity contribution < 1.29 is 4.79 Å². The largest absolute Gasteiger partial charge is 0.337 e. The van der Waals surface area contributed by atoms with E-state index in [0.717, 1.165) is 35.5 Å². The van der Waals surface area contributed by atoms with Crippen molar-refractivity contribution in [3.05, 3.63) is 71.1 Å². The lowest BCUT2D eigenvalue weighted by molar-refractivity contribution is -0.114. The van der Waals surface area contributed by atoms with Crippen LogP contribution in [0.2, 0.25) is 0 Å². The van der Waals surface area contributed by atoms with Gasteiger partial charge in [0.2, 0.25) is 17.8 Å². The van der Waals surface area contributed by atoms with Crippen molar-refractivity contribution in [3.63, 3.8) is 0 Å². The maximum absolute atomic E-state index is 11.4. The predicted molar refractivity (Wildman–Crippen MR) is 129 cm³/mol. The van der Waals surface area contributed by atoms with Crippen molar-refractivity contribution in [3.8, 4) is 6.07 Å². The summed E-state index contributed by atoms with van der Waals surface area (Å²) in [4.78, 5) is 26.8. The summed E-state index contributed by atoms with van der Waals surface area (Å²) in [5, 5.41) is 15.2. The number of hydrogen-bond acceptors (Lipinski definition) is 7. The van der Waals surface area contributed by atoms with E-state index in [0.29, 0.717) is 24.0 Å². The van der Waals surface area contributed by atoms with E-state index in [2.05, 4.69) is 42.6 Å². The lowest BCUT2D eigenvalue weighted by Gasteiger charge is -2.27. The number of aromatic nitrogens is 3. The Morgan fingerprint density at radius 1 is 1.15 bits per heavy atom. The van der Waals surface area contributed by atoms with Gasteiger partial charge < -0.3 is 15.5 Å². The lowest BCUT2D eigenvalue weighted by atomic mass is 9.94. The summed E-state index contributed by atoms with van der Waals surface area (Å²) < 4.78 is 0. The first-order valence-corrected chi connectivity index (χ1v) is 10.7. The molecule has 0 fully saturated rings. The Hall–Kier alpha value is -4.25. The van der Waals surface area contributed by atoms with E-state index in [9.17, 15) is 4.79 Å². The number of rotatable bonds is 5. The van der Waals surface area contributed by atoms with Crippen LogP contribution in [0.15, 0.2) is 48.8 Å². The van der Waals surface area contributed by atoms with Crippen molar-refractivity contribution in [2.75, 3.05) is 28.6 Å². The van der Waals surface area contributed by atoms with Gasteiger partial charge in [-0.3, -0.25) is 4.79 Å². The summed E-state index contributed by atoms with van der Waals surface area (Å²) in [7, 11) is 0. The van der Waals surface area contributed by atoms with Crippen molar-refractivity contribution >= 4 is 34.8 Å². The van der Waals surface area contributed by atoms with E-state index in [-0.39, 0.29) is 5.91 Å². The molecule has 0 aliphatic carbocycles. The van der Waals surface area contributed by atoms with Crippen molar-refractivity contribution in [2.45, 2.75) is 27.2 Å². The minimum Gasteiger partial charge on any atom is -0.337 e. The van der Waals surface area contributed by atoms with Crippen LogP contribution in [0.1, 0.15) is 35.6 Å². The van der Waals surface area contributed by atoms with Gasteiger partial charge in [0.05, 0.1) is 11.6 Å². The molecule has 2 aromatic carbocycles. The van der Waals surface area contributed by atoms with Crippen molar-refractivity contribution in [1.29, 1.82) is 5.26 Å². The Morgan fingerprint density at radius 2 is 1.97 bits per heavy atom. The molecule has 0 bridgehead atoms. The van der Waals surface area contributed by atoms with Crippen LogP contribution in [0.5, 0.6) is 0 Å². The molecular weight excluding hydrogens is 414 g/mol. The third-order valence-corrected chi connectivity index (χ3v) is 5.64. The fourth-order valence-electron chi connectivity index (χ4n) is 3.91. The standard InChI is InChI=1S/C25H25N7O/c1-16-13-19(14-26)7-8-21(16)20-9-11-32(12-10-20)25-28-15-27-24(31-25)30-23-6-4-5-22(17(23)2)29-18(3)33/h4-9,13,15H,10-12H2,1-3H3,(H,29,33)(H,27,28,30,31). The first kappa shape index (κ1) is 22.0. The van der Waals surface area contributed by atoms with Gasteiger partial charge in [0.1, 0.15) is 6.33 Å². The second-order valence-electron chi connectivity index (χ2n) is 7.96. The van der Waals surface area contributed by atoms with Gasteiger partial charge >= 0.3 is 0 Å². The summed E-state index contributed by atoms with van der Waals surface area (Å²) >= 11 is 0. The summed E-state index contributed by atoms with van der Waals surface area (Å²) in [5.41, 5.74) is 6.70. The molecule has 1 aromatic heterocycles. The average Bonchev–Trinajstić information content (AvgIpc) is 2.81. The molecule has 0 unspecified atom stereocenters. The molecule has 2 N–H and O–H groups in total. The summed E-state index contributed by atoms with van der Waals surface area (Å²) in [6.45, 7) is 6.92. The van der Waals surface area contributed by atoms with Crippen LogP contribution < -0.4 is 15.5 Å². The molecule has 0 spiro atoms. The molecule has 1 aliphatic heterocycles. The lowest BCUT2D eigenvalue weighted by Crippen LogP contribution is -2.30. The van der Waals surface area contributed by atoms with Crippen LogP contribution in [0, 0.1) is 25.2 Å². The molecular formula is C25H25N7O. The topological polar surface area (TPSA) is 107 Å². The third kappa shape index (κ3) is 4.99. The van der Waals surface area contributed by atoms with Gasteiger partial charge in [-0.1, -0.05) is 18.2 Å². The Morgan fingerprint density at radius 3 is 2.67 bits per heavy atom. The van der Waals surface area contributed by atoms with Crippen LogP contribution in [-0.2, 0) is 4.79 Å². The monoisotopic (exact) mass is 439 g/mol. The Kier molecular flexibility index (Phi) is 6.31. The number of aryl methyl sites for hydroxylation is 1. The quantitative estimate of drug-likeness (QED) is 0.608. The number of hydrogen-bond donors (Lipinski definition) is 2. The second kappa shape index (κ2) is 9.49. The third-order valence-electron chi connectivity index (χ3n) is 5.64. The minimum absolute atomic E-state index is 0.119. The van der Waals surface area contributed by atoms with Crippen LogP contribution in [0.4, 0.5) is 23.3 Å². The number of nitrogens with one attached hydrogen (secondary N) is 2. The Labute approximate surface area is 193 Å². The molecule has 8 nitrogen and oxygen atoms in total. The molecule has 166 valence electrons. The van der Waals surface area contributed by atoms with Gasteiger partial charge in [0.15, 0.2) is 0 Å². The highest BCUT2D eigenvalue weighted by atomic mass is 16.1. The van der Waals surface area contributed by atoms with Gasteiger partial charge in [0, 0.05) is 31.4 Å². The average molecular weight is 440 g/mol. The molecule has 4 rings (SSSR count). The maximum Gasteiger partial charge on any atom is 0.232 e. The smallest absolute Gasteiger partial charge is 0.232 e. The number of amides is 1. The van der Waals surface area contributed by atoms with E-state index in [4.69, 9.17) is 5.26 Å². The molecule has 8 heteroatoms. The molecule has 3 aromatic rings. The molecule has 2 heterocycles. The van der Waals surface area contributed by atoms with Gasteiger partial charge in [-0.25, -0.2) is 9.97 Å². The number of carbonyl (C=O) groups is 1. The zero-order valence-electron chi connectivity index (χ0n) is 18.9. The van der Waals surface area contributed by atoms with Crippen molar-refractivity contribution in [2.24, 2.45) is 0 Å². The normalized spacial score (nSPS) is 13.2. The predicted octanol–water partition coefficient (Wildman–Crippen LogP) is 4.36. The van der Waals surface area contributed by atoms with E-state index < -0.39 is 0 Å². The first-order chi connectivity index (χ1) is 15.9. The zero-order valence-corrected chi connectivity index (χ0v) is 18.9. The minimum atomic E-state index is -0.119. The fourth-order valence-corrected chi connectivity index (χ4v) is 3.91. The van der Waals surface area contributed by atoms with Gasteiger partial charge in [-0.05, 0) is 66.8 Å². The SMILES string of the molecule is CC(=O)Nc1cccc(Nc2ncnc(N3CC=C(c4ccc(C#N)cc4C)CC3)n2)c1C. The number of anilines is 4. The Bertz CT molecular complexity index is 1280. The Balaban J connectivity index is 1.49.